The van der Waals surface area contributed by atoms with Crippen LogP contribution in [0, 0.1) is 5.92 Å². The molecule has 0 unspecified atom stereocenters. The van der Waals surface area contributed by atoms with Crippen LogP contribution in [0.5, 0.6) is 0 Å². The van der Waals surface area contributed by atoms with Crippen LogP contribution in [0.3, 0.4) is 0 Å². The fourth-order valence-corrected chi connectivity index (χ4v) is 4.18. The summed E-state index contributed by atoms with van der Waals surface area (Å²) in [6.07, 6.45) is 6.58. The number of hydrogen-bond donors (Lipinski definition) is 2. The number of H-pyrrole nitrogens is 1. The molecule has 144 valence electrons. The number of aryl methyl sites for hydroxylation is 3. The van der Waals surface area contributed by atoms with Crippen molar-refractivity contribution in [1.82, 2.24) is 20.1 Å². The minimum absolute atomic E-state index is 0.0745. The predicted molar refractivity (Wildman–Crippen MR) is 101 cm³/mol. The Morgan fingerprint density at radius 1 is 1.41 bits per heavy atom. The van der Waals surface area contributed by atoms with Gasteiger partial charge in [0.25, 0.3) is 11.5 Å². The highest BCUT2D eigenvalue weighted by Gasteiger charge is 2.32. The van der Waals surface area contributed by atoms with Crippen LogP contribution >= 0.6 is 0 Å². The van der Waals surface area contributed by atoms with Crippen LogP contribution in [-0.2, 0) is 24.1 Å². The van der Waals surface area contributed by atoms with Crippen LogP contribution < -0.4 is 10.9 Å². The maximum absolute atomic E-state index is 12.6. The molecular formula is C20H26N4O3. The first kappa shape index (κ1) is 18.0. The van der Waals surface area contributed by atoms with E-state index in [0.29, 0.717) is 13.2 Å². The summed E-state index contributed by atoms with van der Waals surface area (Å²) >= 11 is 0. The van der Waals surface area contributed by atoms with Crippen LogP contribution in [0.25, 0.3) is 0 Å². The summed E-state index contributed by atoms with van der Waals surface area (Å²) in [4.78, 5) is 27.8. The van der Waals surface area contributed by atoms with Gasteiger partial charge in [-0.3, -0.25) is 14.3 Å². The number of amides is 1. The number of nitrogens with zero attached hydrogens (tertiary/aromatic N) is 2. The van der Waals surface area contributed by atoms with Crippen LogP contribution in [0.4, 0.5) is 0 Å². The SMILES string of the molecule is CCn1nccc1[C@@H]1OCC[C@H]1CNC(=O)c1cc2c([nH]c1=O)CCCC2. The van der Waals surface area contributed by atoms with Gasteiger partial charge in [0.2, 0.25) is 0 Å². The number of fused-ring (bicyclic) bond motifs is 1. The molecule has 0 saturated carbocycles. The maximum Gasteiger partial charge on any atom is 0.261 e. The molecule has 0 aromatic carbocycles. The Hall–Kier alpha value is -2.41. The second-order valence-electron chi connectivity index (χ2n) is 7.35. The quantitative estimate of drug-likeness (QED) is 0.842. The molecule has 0 spiro atoms. The van der Waals surface area contributed by atoms with E-state index in [1.807, 2.05) is 17.7 Å². The van der Waals surface area contributed by atoms with Gasteiger partial charge in [0, 0.05) is 37.5 Å². The molecule has 0 bridgehead atoms. The van der Waals surface area contributed by atoms with Gasteiger partial charge >= 0.3 is 0 Å². The number of aromatic nitrogens is 3. The molecule has 27 heavy (non-hydrogen) atoms. The van der Waals surface area contributed by atoms with Crippen molar-refractivity contribution in [2.45, 2.75) is 51.7 Å². The molecule has 4 rings (SSSR count). The van der Waals surface area contributed by atoms with Crippen LogP contribution in [0.15, 0.2) is 23.1 Å². The van der Waals surface area contributed by atoms with Crippen molar-refractivity contribution in [3.8, 4) is 0 Å². The minimum Gasteiger partial charge on any atom is -0.372 e. The summed E-state index contributed by atoms with van der Waals surface area (Å²) in [5.41, 5.74) is 3.04. The van der Waals surface area contributed by atoms with Gasteiger partial charge in [0.1, 0.15) is 11.7 Å². The summed E-state index contributed by atoms with van der Waals surface area (Å²) in [5.74, 6) is -0.132. The molecule has 1 aliphatic carbocycles. The molecular weight excluding hydrogens is 344 g/mol. The summed E-state index contributed by atoms with van der Waals surface area (Å²) in [6.45, 7) is 3.98. The number of pyridine rings is 1. The van der Waals surface area contributed by atoms with E-state index in [0.717, 1.165) is 55.6 Å². The Morgan fingerprint density at radius 2 is 2.26 bits per heavy atom. The Labute approximate surface area is 158 Å². The van der Waals surface area contributed by atoms with E-state index in [1.165, 1.54) is 0 Å². The van der Waals surface area contributed by atoms with Crippen LogP contribution in [-0.4, -0.2) is 33.8 Å². The number of aromatic amines is 1. The molecule has 7 nitrogen and oxygen atoms in total. The number of carbonyl (C=O) groups excluding carboxylic acids is 1. The molecule has 2 aliphatic rings. The molecule has 3 heterocycles. The molecule has 1 aliphatic heterocycles. The van der Waals surface area contributed by atoms with Crippen LogP contribution in [0.2, 0.25) is 0 Å². The van der Waals surface area contributed by atoms with Crippen molar-refractivity contribution in [1.29, 1.82) is 0 Å². The summed E-state index contributed by atoms with van der Waals surface area (Å²) in [5, 5.41) is 7.26. The van der Waals surface area contributed by atoms with Gasteiger partial charge < -0.3 is 15.0 Å². The lowest BCUT2D eigenvalue weighted by Crippen LogP contribution is -2.35. The fraction of sp³-hybridized carbons (Fsp3) is 0.550. The van der Waals surface area contributed by atoms with E-state index in [-0.39, 0.29) is 29.1 Å². The minimum atomic E-state index is -0.306. The first-order valence-electron chi connectivity index (χ1n) is 9.84. The number of carbonyl (C=O) groups is 1. The van der Waals surface area contributed by atoms with E-state index in [2.05, 4.69) is 15.4 Å². The van der Waals surface area contributed by atoms with Gasteiger partial charge in [-0.1, -0.05) is 0 Å². The third kappa shape index (κ3) is 3.56. The predicted octanol–water partition coefficient (Wildman–Crippen LogP) is 1.98. The Balaban J connectivity index is 1.45. The largest absolute Gasteiger partial charge is 0.372 e. The summed E-state index contributed by atoms with van der Waals surface area (Å²) in [7, 11) is 0. The van der Waals surface area contributed by atoms with E-state index >= 15 is 0 Å². The number of rotatable bonds is 5. The smallest absolute Gasteiger partial charge is 0.261 e. The maximum atomic E-state index is 12.6. The summed E-state index contributed by atoms with van der Waals surface area (Å²) < 4.78 is 7.84. The molecule has 0 radical (unpaired) electrons. The Bertz CT molecular complexity index is 886. The lowest BCUT2D eigenvalue weighted by atomic mass is 9.95. The van der Waals surface area contributed by atoms with Crippen LogP contribution in [0.1, 0.15) is 59.6 Å². The molecule has 2 N–H and O–H groups in total. The molecule has 1 fully saturated rings. The molecule has 2 atom stereocenters. The first-order valence-corrected chi connectivity index (χ1v) is 9.84. The third-order valence-electron chi connectivity index (χ3n) is 5.66. The Morgan fingerprint density at radius 3 is 3.11 bits per heavy atom. The second-order valence-corrected chi connectivity index (χ2v) is 7.35. The van der Waals surface area contributed by atoms with Crippen molar-refractivity contribution in [3.05, 3.63) is 51.2 Å². The van der Waals surface area contributed by atoms with Gasteiger partial charge in [0.15, 0.2) is 0 Å². The van der Waals surface area contributed by atoms with E-state index in [9.17, 15) is 9.59 Å². The zero-order valence-corrected chi connectivity index (χ0v) is 15.7. The van der Waals surface area contributed by atoms with Crippen molar-refractivity contribution in [2.75, 3.05) is 13.2 Å². The number of nitrogens with one attached hydrogen (secondary N) is 2. The lowest BCUT2D eigenvalue weighted by molar-refractivity contribution is 0.0794. The fourth-order valence-electron chi connectivity index (χ4n) is 4.18. The second kappa shape index (κ2) is 7.68. The Kier molecular flexibility index (Phi) is 5.11. The summed E-state index contributed by atoms with van der Waals surface area (Å²) in [6, 6.07) is 3.75. The molecule has 2 aromatic heterocycles. The van der Waals surface area contributed by atoms with Crippen molar-refractivity contribution < 1.29 is 9.53 Å². The van der Waals surface area contributed by atoms with Gasteiger partial charge in [-0.25, -0.2) is 0 Å². The van der Waals surface area contributed by atoms with Gasteiger partial charge in [-0.2, -0.15) is 5.10 Å². The number of ether oxygens (including phenoxy) is 1. The highest BCUT2D eigenvalue weighted by molar-refractivity contribution is 5.94. The average molecular weight is 370 g/mol. The lowest BCUT2D eigenvalue weighted by Gasteiger charge is -2.20. The zero-order valence-electron chi connectivity index (χ0n) is 15.7. The van der Waals surface area contributed by atoms with Crippen molar-refractivity contribution >= 4 is 5.91 Å². The number of hydrogen-bond acceptors (Lipinski definition) is 4. The van der Waals surface area contributed by atoms with E-state index < -0.39 is 0 Å². The molecule has 7 heteroatoms. The normalized spacial score (nSPS) is 21.8. The standard InChI is InChI=1S/C20H26N4O3/c1-2-24-17(7-9-22-24)18-14(8-10-27-18)12-21-19(25)15-11-13-5-3-4-6-16(13)23-20(15)26/h7,9,11,14,18H,2-6,8,10,12H2,1H3,(H,21,25)(H,23,26)/t14-,18+/m0/s1. The van der Waals surface area contributed by atoms with E-state index in [4.69, 9.17) is 4.74 Å². The molecule has 1 amide bonds. The first-order chi connectivity index (χ1) is 13.2. The van der Waals surface area contributed by atoms with E-state index in [1.54, 1.807) is 12.3 Å². The highest BCUT2D eigenvalue weighted by atomic mass is 16.5. The van der Waals surface area contributed by atoms with Gasteiger partial charge in [-0.15, -0.1) is 0 Å². The van der Waals surface area contributed by atoms with Crippen molar-refractivity contribution in [3.63, 3.8) is 0 Å². The van der Waals surface area contributed by atoms with Crippen molar-refractivity contribution in [2.24, 2.45) is 5.92 Å². The van der Waals surface area contributed by atoms with Gasteiger partial charge in [0.05, 0.1) is 5.69 Å². The topological polar surface area (TPSA) is 89.0 Å². The van der Waals surface area contributed by atoms with Gasteiger partial charge in [-0.05, 0) is 56.7 Å². The monoisotopic (exact) mass is 370 g/mol. The zero-order chi connectivity index (χ0) is 18.8. The highest BCUT2D eigenvalue weighted by Crippen LogP contribution is 2.34. The molecule has 1 saturated heterocycles. The average Bonchev–Trinajstić information content (AvgIpc) is 3.33. The molecule has 2 aromatic rings. The third-order valence-corrected chi connectivity index (χ3v) is 5.66.